The number of furan rings is 1. The summed E-state index contributed by atoms with van der Waals surface area (Å²) in [6, 6.07) is 3.64. The van der Waals surface area contributed by atoms with Gasteiger partial charge in [0.25, 0.3) is 0 Å². The molecule has 1 N–H and O–H groups in total. The van der Waals surface area contributed by atoms with Gasteiger partial charge in [0, 0.05) is 12.8 Å². The molecule has 0 saturated heterocycles. The molecule has 0 amide bonds. The summed E-state index contributed by atoms with van der Waals surface area (Å²) in [6.45, 7) is 1.98. The molecule has 5 nitrogen and oxygen atoms in total. The number of aliphatic carboxylic acids is 1. The molecule has 1 aromatic rings. The molecule has 80 valence electrons. The van der Waals surface area contributed by atoms with Gasteiger partial charge in [0.05, 0.1) is 0 Å². The van der Waals surface area contributed by atoms with Crippen LogP contribution in [0.5, 0.6) is 0 Å². The maximum Gasteiger partial charge on any atom is 0.348 e. The quantitative estimate of drug-likeness (QED) is 0.817. The van der Waals surface area contributed by atoms with E-state index in [1.807, 2.05) is 13.0 Å². The van der Waals surface area contributed by atoms with Crippen molar-refractivity contribution in [3.63, 3.8) is 0 Å². The van der Waals surface area contributed by atoms with E-state index in [-0.39, 0.29) is 6.42 Å². The normalized spacial score (nSPS) is 19.8. The fourth-order valence-electron chi connectivity index (χ4n) is 1.38. The van der Waals surface area contributed by atoms with Crippen molar-refractivity contribution in [2.45, 2.75) is 25.9 Å². The summed E-state index contributed by atoms with van der Waals surface area (Å²) in [5.41, 5.74) is 0.558. The highest BCUT2D eigenvalue weighted by molar-refractivity contribution is 6.01. The van der Waals surface area contributed by atoms with Gasteiger partial charge in [0.1, 0.15) is 11.5 Å². The van der Waals surface area contributed by atoms with E-state index in [1.54, 1.807) is 6.07 Å². The van der Waals surface area contributed by atoms with Crippen LogP contribution < -0.4 is 0 Å². The summed E-state index contributed by atoms with van der Waals surface area (Å²) in [7, 11) is 0. The monoisotopic (exact) mass is 209 g/mol. The molecule has 5 heteroatoms. The molecule has 15 heavy (non-hydrogen) atoms. The van der Waals surface area contributed by atoms with Gasteiger partial charge in [-0.25, -0.2) is 4.79 Å². The second-order valence-electron chi connectivity index (χ2n) is 3.29. The van der Waals surface area contributed by atoms with Gasteiger partial charge < -0.3 is 14.4 Å². The average Bonchev–Trinajstić information content (AvgIpc) is 2.86. The highest BCUT2D eigenvalue weighted by atomic mass is 16.7. The lowest BCUT2D eigenvalue weighted by atomic mass is 10.1. The molecule has 0 bridgehead atoms. The molecule has 0 aliphatic carbocycles. The van der Waals surface area contributed by atoms with Crippen LogP contribution in [0.1, 0.15) is 24.9 Å². The Labute approximate surface area is 86.3 Å². The molecule has 1 aromatic heterocycles. The molecule has 0 radical (unpaired) electrons. The number of hydrogen-bond donors (Lipinski definition) is 1. The summed E-state index contributed by atoms with van der Waals surface area (Å²) >= 11 is 0. The Bertz CT molecular complexity index is 407. The molecule has 1 unspecified atom stereocenters. The first-order valence-corrected chi connectivity index (χ1v) is 4.75. The van der Waals surface area contributed by atoms with Crippen LogP contribution in [0.25, 0.3) is 0 Å². The Morgan fingerprint density at radius 2 is 2.47 bits per heavy atom. The number of carboxylic acid groups (broad SMARTS) is 1. The molecule has 1 atom stereocenters. The third kappa shape index (κ3) is 1.86. The lowest BCUT2D eigenvalue weighted by molar-refractivity contribution is -0.148. The smallest absolute Gasteiger partial charge is 0.348 e. The minimum Gasteiger partial charge on any atom is -0.478 e. The van der Waals surface area contributed by atoms with E-state index in [9.17, 15) is 4.79 Å². The van der Waals surface area contributed by atoms with Gasteiger partial charge in [-0.05, 0) is 12.1 Å². The lowest BCUT2D eigenvalue weighted by Gasteiger charge is -1.98. The van der Waals surface area contributed by atoms with Gasteiger partial charge in [-0.1, -0.05) is 12.1 Å². The van der Waals surface area contributed by atoms with Gasteiger partial charge >= 0.3 is 5.97 Å². The second-order valence-corrected chi connectivity index (χ2v) is 3.29. The molecule has 0 aromatic carbocycles. The van der Waals surface area contributed by atoms with Crippen LogP contribution in [0.15, 0.2) is 21.7 Å². The first kappa shape index (κ1) is 9.76. The summed E-state index contributed by atoms with van der Waals surface area (Å²) in [6.07, 6.45) is 0.179. The second kappa shape index (κ2) is 3.76. The largest absolute Gasteiger partial charge is 0.478 e. The van der Waals surface area contributed by atoms with Crippen LogP contribution in [0.2, 0.25) is 0 Å². The van der Waals surface area contributed by atoms with E-state index >= 15 is 0 Å². The van der Waals surface area contributed by atoms with Crippen LogP contribution >= 0.6 is 0 Å². The third-order valence-electron chi connectivity index (χ3n) is 2.24. The van der Waals surface area contributed by atoms with E-state index in [1.165, 1.54) is 0 Å². The van der Waals surface area contributed by atoms with Gasteiger partial charge in [-0.2, -0.15) is 0 Å². The van der Waals surface area contributed by atoms with E-state index in [0.29, 0.717) is 11.5 Å². The Hall–Kier alpha value is -1.78. The van der Waals surface area contributed by atoms with Crippen molar-refractivity contribution in [2.75, 3.05) is 0 Å². The van der Waals surface area contributed by atoms with Crippen LogP contribution in [-0.2, 0) is 16.1 Å². The molecule has 1 aliphatic rings. The number of hydrogen-bond acceptors (Lipinski definition) is 4. The first-order valence-electron chi connectivity index (χ1n) is 4.75. The molecule has 1 aliphatic heterocycles. The highest BCUT2D eigenvalue weighted by Gasteiger charge is 2.29. The van der Waals surface area contributed by atoms with Gasteiger partial charge in [-0.3, -0.25) is 0 Å². The maximum atomic E-state index is 10.6. The van der Waals surface area contributed by atoms with Crippen LogP contribution in [0.3, 0.4) is 0 Å². The number of rotatable bonds is 3. The standard InChI is InChI=1S/C10H11NO4/c1-2-6-3-4-8(14-6)7-5-9(10(12)13)15-11-7/h3-4,9H,2,5H2,1H3,(H,12,13). The fourth-order valence-corrected chi connectivity index (χ4v) is 1.38. The zero-order valence-corrected chi connectivity index (χ0v) is 8.27. The maximum absolute atomic E-state index is 10.6. The van der Waals surface area contributed by atoms with E-state index in [0.717, 1.165) is 12.2 Å². The van der Waals surface area contributed by atoms with Crippen molar-refractivity contribution in [3.05, 3.63) is 23.7 Å². The van der Waals surface area contributed by atoms with Gasteiger partial charge in [-0.15, -0.1) is 0 Å². The topological polar surface area (TPSA) is 72.0 Å². The predicted octanol–water partition coefficient (Wildman–Crippen LogP) is 1.42. The summed E-state index contributed by atoms with van der Waals surface area (Å²) in [5, 5.41) is 12.4. The van der Waals surface area contributed by atoms with Crippen molar-refractivity contribution < 1.29 is 19.2 Å². The lowest BCUT2D eigenvalue weighted by Crippen LogP contribution is -2.19. The van der Waals surface area contributed by atoms with Gasteiger partial charge in [0.15, 0.2) is 5.76 Å². The Morgan fingerprint density at radius 1 is 1.67 bits per heavy atom. The molecule has 0 saturated carbocycles. The first-order chi connectivity index (χ1) is 7.20. The Balaban J connectivity index is 2.10. The SMILES string of the molecule is CCc1ccc(C2=NOC(C(=O)O)C2)o1. The molecular formula is C10H11NO4. The summed E-state index contributed by atoms with van der Waals surface area (Å²) < 4.78 is 5.44. The number of carboxylic acids is 1. The van der Waals surface area contributed by atoms with Crippen LogP contribution in [0, 0.1) is 0 Å². The van der Waals surface area contributed by atoms with Crippen LogP contribution in [0.4, 0.5) is 0 Å². The zero-order chi connectivity index (χ0) is 10.8. The van der Waals surface area contributed by atoms with E-state index in [2.05, 4.69) is 5.16 Å². The molecule has 0 fully saturated rings. The molecular weight excluding hydrogens is 198 g/mol. The Kier molecular flexibility index (Phi) is 2.45. The summed E-state index contributed by atoms with van der Waals surface area (Å²) in [5.74, 6) is 0.443. The van der Waals surface area contributed by atoms with E-state index in [4.69, 9.17) is 14.4 Å². The molecule has 2 heterocycles. The minimum absolute atomic E-state index is 0.256. The Morgan fingerprint density at radius 3 is 3.00 bits per heavy atom. The van der Waals surface area contributed by atoms with Gasteiger partial charge in [0.2, 0.25) is 6.10 Å². The summed E-state index contributed by atoms with van der Waals surface area (Å²) in [4.78, 5) is 15.4. The predicted molar refractivity (Wildman–Crippen MR) is 51.7 cm³/mol. The number of oxime groups is 1. The van der Waals surface area contributed by atoms with E-state index < -0.39 is 12.1 Å². The number of aryl methyl sites for hydroxylation is 1. The molecule has 2 rings (SSSR count). The fraction of sp³-hybridized carbons (Fsp3) is 0.400. The highest BCUT2D eigenvalue weighted by Crippen LogP contribution is 2.19. The minimum atomic E-state index is -1.00. The van der Waals surface area contributed by atoms with Crippen molar-refractivity contribution in [1.82, 2.24) is 0 Å². The molecule has 0 spiro atoms. The van der Waals surface area contributed by atoms with Crippen molar-refractivity contribution in [3.8, 4) is 0 Å². The number of carbonyl (C=O) groups is 1. The van der Waals surface area contributed by atoms with Crippen molar-refractivity contribution >= 4 is 11.7 Å². The van der Waals surface area contributed by atoms with Crippen molar-refractivity contribution in [1.29, 1.82) is 0 Å². The number of nitrogens with zero attached hydrogens (tertiary/aromatic N) is 1. The third-order valence-corrected chi connectivity index (χ3v) is 2.24. The van der Waals surface area contributed by atoms with Crippen LogP contribution in [-0.4, -0.2) is 22.9 Å². The zero-order valence-electron chi connectivity index (χ0n) is 8.27. The average molecular weight is 209 g/mol. The van der Waals surface area contributed by atoms with Crippen molar-refractivity contribution in [2.24, 2.45) is 5.16 Å².